The number of piperidine rings is 1. The summed E-state index contributed by atoms with van der Waals surface area (Å²) in [5.74, 6) is 0.743. The van der Waals surface area contributed by atoms with Crippen molar-refractivity contribution in [2.45, 2.75) is 57.0 Å². The van der Waals surface area contributed by atoms with Crippen molar-refractivity contribution in [1.29, 1.82) is 0 Å². The summed E-state index contributed by atoms with van der Waals surface area (Å²) in [6, 6.07) is 11.8. The van der Waals surface area contributed by atoms with Crippen LogP contribution in [0.25, 0.3) is 0 Å². The summed E-state index contributed by atoms with van der Waals surface area (Å²) >= 11 is 5.81. The van der Waals surface area contributed by atoms with Crippen molar-refractivity contribution in [3.05, 3.63) is 58.9 Å². The van der Waals surface area contributed by atoms with Gasteiger partial charge >= 0.3 is 0 Å². The summed E-state index contributed by atoms with van der Waals surface area (Å²) in [4.78, 5) is 34.1. The average molecular weight is 467 g/mol. The number of nitrogens with zero attached hydrogens (tertiary/aromatic N) is 3. The van der Waals surface area contributed by atoms with E-state index in [2.05, 4.69) is 20.1 Å². The fraction of sp³-hybridized carbons (Fsp3) is 0.500. The number of halogens is 1. The Kier molecular flexibility index (Phi) is 6.54. The molecular formula is C26H31ClN4O2. The molecule has 2 aromatic rings. The first-order chi connectivity index (χ1) is 16.1. The number of fused-ring (bicyclic) bond motifs is 1. The van der Waals surface area contributed by atoms with Crippen molar-refractivity contribution in [2.75, 3.05) is 24.5 Å². The molecule has 5 rings (SSSR count). The molecule has 7 heteroatoms. The molecule has 1 saturated carbocycles. The molecule has 3 aliphatic rings. The van der Waals surface area contributed by atoms with Crippen LogP contribution in [-0.2, 0) is 0 Å². The van der Waals surface area contributed by atoms with Crippen molar-refractivity contribution in [3.8, 4) is 0 Å². The van der Waals surface area contributed by atoms with Crippen LogP contribution in [0.1, 0.15) is 65.7 Å². The Morgan fingerprint density at radius 3 is 2.45 bits per heavy atom. The zero-order chi connectivity index (χ0) is 22.8. The number of likely N-dealkylation sites (tertiary alicyclic amines) is 1. The van der Waals surface area contributed by atoms with Crippen LogP contribution < -0.4 is 10.2 Å². The number of pyridine rings is 1. The van der Waals surface area contributed by atoms with E-state index in [1.165, 1.54) is 31.9 Å². The van der Waals surface area contributed by atoms with E-state index < -0.39 is 0 Å². The first-order valence-corrected chi connectivity index (χ1v) is 12.5. The molecule has 3 unspecified atom stereocenters. The lowest BCUT2D eigenvalue weighted by Crippen LogP contribution is -2.49. The van der Waals surface area contributed by atoms with Crippen LogP contribution in [0.3, 0.4) is 0 Å². The number of benzene rings is 1. The molecule has 1 N–H and O–H groups in total. The molecule has 3 atom stereocenters. The lowest BCUT2D eigenvalue weighted by atomic mass is 9.78. The minimum atomic E-state index is -0.130. The van der Waals surface area contributed by atoms with Crippen molar-refractivity contribution >= 4 is 29.1 Å². The zero-order valence-corrected chi connectivity index (χ0v) is 19.6. The van der Waals surface area contributed by atoms with Gasteiger partial charge in [0.15, 0.2) is 0 Å². The van der Waals surface area contributed by atoms with Crippen LogP contribution in [-0.4, -0.2) is 53.4 Å². The molecule has 1 aromatic heterocycles. The van der Waals surface area contributed by atoms with Crippen molar-refractivity contribution in [3.63, 3.8) is 0 Å². The van der Waals surface area contributed by atoms with Crippen LogP contribution in [0.2, 0.25) is 5.15 Å². The monoisotopic (exact) mass is 466 g/mol. The maximum atomic E-state index is 13.3. The predicted octanol–water partition coefficient (Wildman–Crippen LogP) is 4.54. The van der Waals surface area contributed by atoms with E-state index in [0.717, 1.165) is 50.1 Å². The lowest BCUT2D eigenvalue weighted by molar-refractivity contribution is 0.0390. The number of carbonyl (C=O) groups is 2. The Morgan fingerprint density at radius 1 is 0.909 bits per heavy atom. The summed E-state index contributed by atoms with van der Waals surface area (Å²) in [6.07, 6.45) is 9.75. The van der Waals surface area contributed by atoms with E-state index in [0.29, 0.717) is 22.7 Å². The molecule has 0 bridgehead atoms. The number of rotatable bonds is 4. The SMILES string of the molecule is O=C(NC1CCN(c2ccc(C(=O)N3CCCC4CCCCC43)cc2)C1)c1ccc(Cl)nc1. The van der Waals surface area contributed by atoms with Gasteiger partial charge in [0.25, 0.3) is 11.8 Å². The number of carbonyl (C=O) groups excluding carboxylic acids is 2. The van der Waals surface area contributed by atoms with Gasteiger partial charge in [-0.15, -0.1) is 0 Å². The highest BCUT2D eigenvalue weighted by atomic mass is 35.5. The van der Waals surface area contributed by atoms with Crippen molar-refractivity contribution in [1.82, 2.24) is 15.2 Å². The first-order valence-electron chi connectivity index (χ1n) is 12.2. The summed E-state index contributed by atoms with van der Waals surface area (Å²) in [7, 11) is 0. The van der Waals surface area contributed by atoms with Crippen LogP contribution in [0.15, 0.2) is 42.6 Å². The minimum absolute atomic E-state index is 0.0751. The molecule has 3 heterocycles. The van der Waals surface area contributed by atoms with E-state index in [1.807, 2.05) is 24.3 Å². The molecule has 0 radical (unpaired) electrons. The molecule has 2 amide bonds. The van der Waals surface area contributed by atoms with Gasteiger partial charge in [-0.1, -0.05) is 24.4 Å². The average Bonchev–Trinajstić information content (AvgIpc) is 3.32. The Bertz CT molecular complexity index is 992. The Hall–Kier alpha value is -2.60. The van der Waals surface area contributed by atoms with Gasteiger partial charge in [0.05, 0.1) is 5.56 Å². The van der Waals surface area contributed by atoms with E-state index >= 15 is 0 Å². The molecule has 2 aliphatic heterocycles. The molecule has 6 nitrogen and oxygen atoms in total. The number of hydrogen-bond donors (Lipinski definition) is 1. The minimum Gasteiger partial charge on any atom is -0.369 e. The molecule has 3 fully saturated rings. The normalized spacial score (nSPS) is 24.9. The van der Waals surface area contributed by atoms with E-state index in [4.69, 9.17) is 11.6 Å². The smallest absolute Gasteiger partial charge is 0.254 e. The number of amides is 2. The zero-order valence-electron chi connectivity index (χ0n) is 18.9. The van der Waals surface area contributed by atoms with Gasteiger partial charge in [0.1, 0.15) is 5.15 Å². The first kappa shape index (κ1) is 22.2. The van der Waals surface area contributed by atoms with Crippen LogP contribution in [0.5, 0.6) is 0 Å². The van der Waals surface area contributed by atoms with Crippen molar-refractivity contribution < 1.29 is 9.59 Å². The van der Waals surface area contributed by atoms with Crippen molar-refractivity contribution in [2.24, 2.45) is 5.92 Å². The Morgan fingerprint density at radius 2 is 1.67 bits per heavy atom. The molecule has 174 valence electrons. The molecule has 2 saturated heterocycles. The summed E-state index contributed by atoms with van der Waals surface area (Å²) in [6.45, 7) is 2.50. The third-order valence-corrected chi connectivity index (χ3v) is 7.72. The molecule has 0 spiro atoms. The second-order valence-corrected chi connectivity index (χ2v) is 9.96. The van der Waals surface area contributed by atoms with Gasteiger partial charge in [-0.05, 0) is 74.4 Å². The highest BCUT2D eigenvalue weighted by Crippen LogP contribution is 2.36. The summed E-state index contributed by atoms with van der Waals surface area (Å²) in [5, 5.41) is 3.46. The number of nitrogens with one attached hydrogen (secondary N) is 1. The lowest BCUT2D eigenvalue weighted by Gasteiger charge is -2.44. The topological polar surface area (TPSA) is 65.5 Å². The Balaban J connectivity index is 1.19. The van der Waals surface area contributed by atoms with E-state index in [-0.39, 0.29) is 17.9 Å². The van der Waals surface area contributed by atoms with E-state index in [9.17, 15) is 9.59 Å². The van der Waals surface area contributed by atoms with Gasteiger partial charge in [0, 0.05) is 49.2 Å². The second-order valence-electron chi connectivity index (χ2n) is 9.57. The second kappa shape index (κ2) is 9.72. The van der Waals surface area contributed by atoms with Crippen LogP contribution >= 0.6 is 11.6 Å². The van der Waals surface area contributed by atoms with Gasteiger partial charge in [-0.2, -0.15) is 0 Å². The van der Waals surface area contributed by atoms with Crippen LogP contribution in [0.4, 0.5) is 5.69 Å². The molecule has 1 aliphatic carbocycles. The number of anilines is 1. The summed E-state index contributed by atoms with van der Waals surface area (Å²) in [5.41, 5.74) is 2.38. The van der Waals surface area contributed by atoms with Gasteiger partial charge in [-0.3, -0.25) is 9.59 Å². The Labute approximate surface area is 200 Å². The highest BCUT2D eigenvalue weighted by molar-refractivity contribution is 6.29. The standard InChI is InChI=1S/C26H31ClN4O2/c27-24-12-9-20(16-28-24)25(32)29-21-13-15-30(17-21)22-10-7-19(8-11-22)26(33)31-14-3-5-18-4-1-2-6-23(18)31/h7-12,16,18,21,23H,1-6,13-15,17H2,(H,29,32). The van der Waals surface area contributed by atoms with E-state index in [1.54, 1.807) is 12.1 Å². The molecule has 1 aromatic carbocycles. The quantitative estimate of drug-likeness (QED) is 0.672. The number of aromatic nitrogens is 1. The van der Waals surface area contributed by atoms with Crippen LogP contribution in [0, 0.1) is 5.92 Å². The largest absolute Gasteiger partial charge is 0.369 e. The predicted molar refractivity (Wildman–Crippen MR) is 130 cm³/mol. The third kappa shape index (κ3) is 4.86. The fourth-order valence-electron chi connectivity index (χ4n) is 5.75. The number of hydrogen-bond acceptors (Lipinski definition) is 4. The molecular weight excluding hydrogens is 436 g/mol. The molecule has 33 heavy (non-hydrogen) atoms. The highest BCUT2D eigenvalue weighted by Gasteiger charge is 2.36. The van der Waals surface area contributed by atoms with Gasteiger partial charge in [0.2, 0.25) is 0 Å². The van der Waals surface area contributed by atoms with Gasteiger partial charge in [-0.25, -0.2) is 4.98 Å². The maximum Gasteiger partial charge on any atom is 0.254 e. The maximum absolute atomic E-state index is 13.3. The fourth-order valence-corrected chi connectivity index (χ4v) is 5.86. The summed E-state index contributed by atoms with van der Waals surface area (Å²) < 4.78 is 0. The third-order valence-electron chi connectivity index (χ3n) is 7.50. The van der Waals surface area contributed by atoms with Gasteiger partial charge < -0.3 is 15.1 Å².